The molecule has 0 spiro atoms. The van der Waals surface area contributed by atoms with Crippen LogP contribution in [0.3, 0.4) is 0 Å². The molecule has 0 amide bonds. The molecule has 1 aromatic rings. The highest BCUT2D eigenvalue weighted by Gasteiger charge is 2.33. The number of benzene rings is 1. The second-order valence-corrected chi connectivity index (χ2v) is 5.77. The minimum Gasteiger partial charge on any atom is -0.388 e. The van der Waals surface area contributed by atoms with Gasteiger partial charge in [0.1, 0.15) is 0 Å². The Hall–Kier alpha value is -1.76. The van der Waals surface area contributed by atoms with Crippen LogP contribution in [-0.4, -0.2) is 22.2 Å². The van der Waals surface area contributed by atoms with Crippen LogP contribution in [0.4, 0.5) is 20.2 Å². The Balaban J connectivity index is 2.16. The molecule has 0 heterocycles. The van der Waals surface area contributed by atoms with E-state index in [1.54, 1.807) is 0 Å². The van der Waals surface area contributed by atoms with Gasteiger partial charge in [-0.15, -0.1) is 0 Å². The zero-order chi connectivity index (χ0) is 15.6. The predicted octanol–water partition coefficient (Wildman–Crippen LogP) is 3.23. The molecule has 0 radical (unpaired) electrons. The van der Waals surface area contributed by atoms with Gasteiger partial charge in [-0.3, -0.25) is 10.1 Å². The van der Waals surface area contributed by atoms with E-state index in [1.165, 1.54) is 0 Å². The van der Waals surface area contributed by atoms with Crippen LogP contribution in [-0.2, 0) is 0 Å². The van der Waals surface area contributed by atoms with Gasteiger partial charge in [0.2, 0.25) is 0 Å². The molecule has 7 heteroatoms. The van der Waals surface area contributed by atoms with Crippen LogP contribution >= 0.6 is 0 Å². The van der Waals surface area contributed by atoms with Gasteiger partial charge in [0, 0.05) is 12.6 Å². The molecular weight excluding hydrogens is 282 g/mol. The normalized spacial score (nSPS) is 25.6. The van der Waals surface area contributed by atoms with Gasteiger partial charge in [-0.05, 0) is 37.7 Å². The molecule has 116 valence electrons. The van der Waals surface area contributed by atoms with Crippen molar-refractivity contribution >= 4 is 11.4 Å². The number of nitro benzene ring substituents is 1. The number of anilines is 1. The molecule has 5 nitrogen and oxygen atoms in total. The lowest BCUT2D eigenvalue weighted by atomic mass is 9.79. The Kier molecular flexibility index (Phi) is 4.41. The highest BCUT2D eigenvalue weighted by atomic mass is 19.2. The molecule has 0 aromatic heterocycles. The van der Waals surface area contributed by atoms with E-state index in [-0.39, 0.29) is 6.54 Å². The summed E-state index contributed by atoms with van der Waals surface area (Å²) < 4.78 is 27.0. The molecule has 2 rings (SSSR count). The van der Waals surface area contributed by atoms with E-state index in [2.05, 4.69) is 12.2 Å². The monoisotopic (exact) mass is 300 g/mol. The van der Waals surface area contributed by atoms with Crippen molar-refractivity contribution in [1.82, 2.24) is 0 Å². The summed E-state index contributed by atoms with van der Waals surface area (Å²) >= 11 is 0. The number of hydrogen-bond acceptors (Lipinski definition) is 4. The Morgan fingerprint density at radius 1 is 1.43 bits per heavy atom. The molecule has 0 unspecified atom stereocenters. The number of hydrogen-bond donors (Lipinski definition) is 2. The van der Waals surface area contributed by atoms with Crippen molar-refractivity contribution in [2.75, 3.05) is 11.9 Å². The molecule has 0 atom stereocenters. The third-order valence-corrected chi connectivity index (χ3v) is 4.07. The van der Waals surface area contributed by atoms with Crippen molar-refractivity contribution < 1.29 is 18.8 Å². The van der Waals surface area contributed by atoms with Gasteiger partial charge in [-0.2, -0.15) is 0 Å². The number of halogens is 2. The van der Waals surface area contributed by atoms with Gasteiger partial charge in [0.25, 0.3) is 5.69 Å². The predicted molar refractivity (Wildman–Crippen MR) is 74.1 cm³/mol. The lowest BCUT2D eigenvalue weighted by Crippen LogP contribution is -2.40. The fraction of sp³-hybridized carbons (Fsp3) is 0.571. The Bertz CT molecular complexity index is 543. The van der Waals surface area contributed by atoms with Crippen LogP contribution in [0.1, 0.15) is 32.6 Å². The standard InChI is InChI=1S/C14H18F2N2O3/c1-9-4-6-14(19,7-5-9)8-17-13-11(18(20)21)3-2-10(15)12(13)16/h2-3,9,17,19H,4-8H2,1H3. The van der Waals surface area contributed by atoms with Gasteiger partial charge < -0.3 is 10.4 Å². The lowest BCUT2D eigenvalue weighted by Gasteiger charge is -2.35. The molecule has 0 aliphatic heterocycles. The number of nitro groups is 1. The third kappa shape index (κ3) is 3.47. The van der Waals surface area contributed by atoms with Crippen molar-refractivity contribution in [2.45, 2.75) is 38.2 Å². The maximum absolute atomic E-state index is 13.7. The smallest absolute Gasteiger partial charge is 0.295 e. The van der Waals surface area contributed by atoms with Gasteiger partial charge >= 0.3 is 0 Å². The van der Waals surface area contributed by atoms with Crippen LogP contribution in [0.5, 0.6) is 0 Å². The summed E-state index contributed by atoms with van der Waals surface area (Å²) in [4.78, 5) is 10.1. The third-order valence-electron chi connectivity index (χ3n) is 4.07. The highest BCUT2D eigenvalue weighted by Crippen LogP contribution is 2.34. The molecule has 0 bridgehead atoms. The summed E-state index contributed by atoms with van der Waals surface area (Å²) in [6.07, 6.45) is 2.75. The first kappa shape index (κ1) is 15.6. The second kappa shape index (κ2) is 5.93. The maximum Gasteiger partial charge on any atom is 0.295 e. The summed E-state index contributed by atoms with van der Waals surface area (Å²) in [6.45, 7) is 2.05. The van der Waals surface area contributed by atoms with E-state index in [9.17, 15) is 24.0 Å². The molecule has 1 aromatic carbocycles. The summed E-state index contributed by atoms with van der Waals surface area (Å²) in [6, 6.07) is 1.63. The van der Waals surface area contributed by atoms with Crippen molar-refractivity contribution in [1.29, 1.82) is 0 Å². The summed E-state index contributed by atoms with van der Waals surface area (Å²) in [7, 11) is 0. The Labute approximate surface area is 121 Å². The molecule has 1 saturated carbocycles. The minimum absolute atomic E-state index is 0.0407. The molecule has 1 fully saturated rings. The summed E-state index contributed by atoms with van der Waals surface area (Å²) in [5.41, 5.74) is -2.09. The zero-order valence-corrected chi connectivity index (χ0v) is 11.7. The Morgan fingerprint density at radius 3 is 2.62 bits per heavy atom. The lowest BCUT2D eigenvalue weighted by molar-refractivity contribution is -0.384. The van der Waals surface area contributed by atoms with E-state index in [0.29, 0.717) is 18.8 Å². The number of aliphatic hydroxyl groups is 1. The van der Waals surface area contributed by atoms with E-state index in [4.69, 9.17) is 0 Å². The second-order valence-electron chi connectivity index (χ2n) is 5.77. The first-order valence-corrected chi connectivity index (χ1v) is 6.91. The Morgan fingerprint density at radius 2 is 2.05 bits per heavy atom. The topological polar surface area (TPSA) is 75.4 Å². The van der Waals surface area contributed by atoms with E-state index in [1.807, 2.05) is 0 Å². The molecule has 1 aliphatic rings. The first-order chi connectivity index (χ1) is 9.82. The molecule has 0 saturated heterocycles. The van der Waals surface area contributed by atoms with Crippen LogP contribution in [0.25, 0.3) is 0 Å². The van der Waals surface area contributed by atoms with Crippen molar-refractivity contribution in [3.8, 4) is 0 Å². The molecule has 21 heavy (non-hydrogen) atoms. The summed E-state index contributed by atoms with van der Waals surface area (Å²) in [5, 5.41) is 23.8. The molecule has 2 N–H and O–H groups in total. The van der Waals surface area contributed by atoms with E-state index in [0.717, 1.165) is 25.0 Å². The maximum atomic E-state index is 13.7. The average Bonchev–Trinajstić information content (AvgIpc) is 2.44. The number of rotatable bonds is 4. The van der Waals surface area contributed by atoms with Gasteiger partial charge in [-0.25, -0.2) is 8.78 Å². The number of nitrogens with zero attached hydrogens (tertiary/aromatic N) is 1. The molecule has 1 aliphatic carbocycles. The van der Waals surface area contributed by atoms with E-state index >= 15 is 0 Å². The molecular formula is C14H18F2N2O3. The fourth-order valence-corrected chi connectivity index (χ4v) is 2.59. The first-order valence-electron chi connectivity index (χ1n) is 6.91. The van der Waals surface area contributed by atoms with E-state index < -0.39 is 33.5 Å². The number of nitrogens with one attached hydrogen (secondary N) is 1. The van der Waals surface area contributed by atoms with Gasteiger partial charge in [0.05, 0.1) is 10.5 Å². The fourth-order valence-electron chi connectivity index (χ4n) is 2.59. The van der Waals surface area contributed by atoms with Crippen LogP contribution < -0.4 is 5.32 Å². The van der Waals surface area contributed by atoms with Crippen LogP contribution in [0.2, 0.25) is 0 Å². The quantitative estimate of drug-likeness (QED) is 0.661. The van der Waals surface area contributed by atoms with Crippen molar-refractivity contribution in [2.24, 2.45) is 5.92 Å². The SMILES string of the molecule is CC1CCC(O)(CNc2c([N+](=O)[O-])ccc(F)c2F)CC1. The average molecular weight is 300 g/mol. The van der Waals surface area contributed by atoms with Crippen molar-refractivity contribution in [3.63, 3.8) is 0 Å². The minimum atomic E-state index is -1.29. The van der Waals surface area contributed by atoms with Crippen LogP contribution in [0, 0.1) is 27.7 Å². The van der Waals surface area contributed by atoms with Gasteiger partial charge in [-0.1, -0.05) is 6.92 Å². The highest BCUT2D eigenvalue weighted by molar-refractivity contribution is 5.62. The zero-order valence-electron chi connectivity index (χ0n) is 11.7. The largest absolute Gasteiger partial charge is 0.388 e. The summed E-state index contributed by atoms with van der Waals surface area (Å²) in [5.74, 6) is -1.94. The van der Waals surface area contributed by atoms with Crippen molar-refractivity contribution in [3.05, 3.63) is 33.9 Å². The van der Waals surface area contributed by atoms with Crippen LogP contribution in [0.15, 0.2) is 12.1 Å². The van der Waals surface area contributed by atoms with Gasteiger partial charge in [0.15, 0.2) is 17.3 Å².